The summed E-state index contributed by atoms with van der Waals surface area (Å²) in [5, 5.41) is 7.79. The van der Waals surface area contributed by atoms with Crippen LogP contribution in [-0.2, 0) is 27.2 Å². The molecule has 0 fully saturated rings. The quantitative estimate of drug-likeness (QED) is 0.0828. The predicted octanol–water partition coefficient (Wildman–Crippen LogP) is 6.23. The van der Waals surface area contributed by atoms with Gasteiger partial charge < -0.3 is 14.8 Å². The van der Waals surface area contributed by atoms with Gasteiger partial charge in [0.2, 0.25) is 0 Å². The molecule has 1 aliphatic carbocycles. The summed E-state index contributed by atoms with van der Waals surface area (Å²) in [6.45, 7) is 4.03. The fourth-order valence-electron chi connectivity index (χ4n) is 4.60. The number of amides is 2. The van der Waals surface area contributed by atoms with Crippen molar-refractivity contribution in [3.8, 4) is 5.75 Å². The van der Waals surface area contributed by atoms with Crippen molar-refractivity contribution in [1.82, 2.24) is 5.43 Å². The molecule has 2 heterocycles. The van der Waals surface area contributed by atoms with Gasteiger partial charge in [-0.3, -0.25) is 9.59 Å². The molecule has 0 saturated carbocycles. The summed E-state index contributed by atoms with van der Waals surface area (Å²) in [5.74, 6) is -2.53. The SMILES string of the molecule is CCOC(=O)c1c(NC(=O)C(=O)N/N=C\c2ccccc2OC(=O)c2sc3ccccc3c2Cl)sc2c1CC[C@@H](C)C2. The van der Waals surface area contributed by atoms with E-state index in [1.807, 2.05) is 24.3 Å². The smallest absolute Gasteiger partial charge is 0.355 e. The fraction of sp³-hybridized carbons (Fsp3) is 0.233. The molecule has 0 saturated heterocycles. The Kier molecular flexibility index (Phi) is 9.00. The van der Waals surface area contributed by atoms with Gasteiger partial charge >= 0.3 is 23.8 Å². The van der Waals surface area contributed by atoms with Crippen molar-refractivity contribution >= 4 is 79.3 Å². The van der Waals surface area contributed by atoms with Crippen LogP contribution >= 0.6 is 34.3 Å². The Morgan fingerprint density at radius 2 is 1.81 bits per heavy atom. The number of nitrogens with one attached hydrogen (secondary N) is 2. The first kappa shape index (κ1) is 29.4. The summed E-state index contributed by atoms with van der Waals surface area (Å²) >= 11 is 8.93. The number of hydrazone groups is 1. The largest absolute Gasteiger partial charge is 0.462 e. The molecular formula is C30H26ClN3O6S2. The lowest BCUT2D eigenvalue weighted by molar-refractivity contribution is -0.136. The molecule has 0 unspecified atom stereocenters. The van der Waals surface area contributed by atoms with Gasteiger partial charge in [0.05, 0.1) is 23.4 Å². The van der Waals surface area contributed by atoms with E-state index in [0.717, 1.165) is 33.4 Å². The molecule has 4 aromatic rings. The van der Waals surface area contributed by atoms with Gasteiger partial charge in [-0.15, -0.1) is 22.7 Å². The van der Waals surface area contributed by atoms with E-state index in [1.54, 1.807) is 31.2 Å². The van der Waals surface area contributed by atoms with Gasteiger partial charge in [0.25, 0.3) is 0 Å². The van der Waals surface area contributed by atoms with Gasteiger partial charge in [-0.2, -0.15) is 5.10 Å². The molecule has 2 aromatic carbocycles. The molecule has 2 aromatic heterocycles. The number of hydrogen-bond acceptors (Lipinski definition) is 9. The number of thiophene rings is 2. The number of nitrogens with zero attached hydrogens (tertiary/aromatic N) is 1. The standard InChI is InChI=1S/C30H26ClN3O6S2/c1-3-39-29(37)23-18-13-12-16(2)14-22(18)42-28(23)33-26(35)27(36)34-32-15-17-8-4-6-10-20(17)40-30(38)25-24(31)19-9-5-7-11-21(19)41-25/h4-11,15-16H,3,12-14H2,1-2H3,(H,33,35)(H,34,36)/b32-15-/t16-/m1/s1. The Hall–Kier alpha value is -4.06. The Bertz CT molecular complexity index is 1730. The summed E-state index contributed by atoms with van der Waals surface area (Å²) < 4.78 is 11.7. The molecule has 216 valence electrons. The van der Waals surface area contributed by atoms with Crippen LogP contribution in [0.5, 0.6) is 5.75 Å². The van der Waals surface area contributed by atoms with Gasteiger partial charge in [0, 0.05) is 20.5 Å². The van der Waals surface area contributed by atoms with Crippen LogP contribution in [0.3, 0.4) is 0 Å². The predicted molar refractivity (Wildman–Crippen MR) is 164 cm³/mol. The van der Waals surface area contributed by atoms with Gasteiger partial charge in [-0.25, -0.2) is 15.0 Å². The van der Waals surface area contributed by atoms with Gasteiger partial charge in [0.1, 0.15) is 15.6 Å². The van der Waals surface area contributed by atoms with Crippen LogP contribution in [0, 0.1) is 5.92 Å². The molecule has 0 radical (unpaired) electrons. The zero-order valence-corrected chi connectivity index (χ0v) is 25.1. The minimum absolute atomic E-state index is 0.191. The molecule has 2 N–H and O–H groups in total. The van der Waals surface area contributed by atoms with E-state index in [1.165, 1.54) is 28.9 Å². The average molecular weight is 624 g/mol. The van der Waals surface area contributed by atoms with Gasteiger partial charge in [0.15, 0.2) is 0 Å². The first-order valence-corrected chi connectivity index (χ1v) is 15.2. The summed E-state index contributed by atoms with van der Waals surface area (Å²) in [5.41, 5.74) is 3.74. The third-order valence-electron chi connectivity index (χ3n) is 6.64. The van der Waals surface area contributed by atoms with Crippen LogP contribution in [0.15, 0.2) is 53.6 Å². The highest BCUT2D eigenvalue weighted by Gasteiger charge is 2.30. The lowest BCUT2D eigenvalue weighted by Crippen LogP contribution is -2.32. The highest BCUT2D eigenvalue weighted by molar-refractivity contribution is 7.21. The Morgan fingerprint density at radius 1 is 1.05 bits per heavy atom. The number of carbonyl (C=O) groups is 4. The number of carbonyl (C=O) groups excluding carboxylic acids is 4. The second-order valence-electron chi connectivity index (χ2n) is 9.60. The molecule has 0 bridgehead atoms. The van der Waals surface area contributed by atoms with E-state index in [9.17, 15) is 19.2 Å². The van der Waals surface area contributed by atoms with Crippen LogP contribution < -0.4 is 15.5 Å². The summed E-state index contributed by atoms with van der Waals surface area (Å²) in [4.78, 5) is 52.2. The average Bonchev–Trinajstić information content (AvgIpc) is 3.50. The Labute approximate surface area is 254 Å². The van der Waals surface area contributed by atoms with E-state index in [0.29, 0.717) is 28.5 Å². The first-order valence-electron chi connectivity index (χ1n) is 13.2. The van der Waals surface area contributed by atoms with Crippen molar-refractivity contribution in [3.05, 3.63) is 80.0 Å². The van der Waals surface area contributed by atoms with Crippen molar-refractivity contribution in [3.63, 3.8) is 0 Å². The number of esters is 2. The third-order valence-corrected chi connectivity index (χ3v) is 9.46. The second kappa shape index (κ2) is 12.8. The highest BCUT2D eigenvalue weighted by atomic mass is 35.5. The van der Waals surface area contributed by atoms with Crippen molar-refractivity contribution in [2.45, 2.75) is 33.1 Å². The number of fused-ring (bicyclic) bond motifs is 2. The fourth-order valence-corrected chi connectivity index (χ4v) is 7.38. The Balaban J connectivity index is 1.26. The molecule has 9 nitrogen and oxygen atoms in total. The molecular weight excluding hydrogens is 598 g/mol. The first-order chi connectivity index (χ1) is 20.3. The number of ether oxygens (including phenoxy) is 2. The van der Waals surface area contributed by atoms with E-state index in [2.05, 4.69) is 22.8 Å². The molecule has 1 atom stereocenters. The maximum Gasteiger partial charge on any atom is 0.355 e. The van der Waals surface area contributed by atoms with E-state index < -0.39 is 23.8 Å². The number of halogens is 1. The lowest BCUT2D eigenvalue weighted by Gasteiger charge is -2.18. The number of para-hydroxylation sites is 1. The molecule has 1 aliphatic rings. The van der Waals surface area contributed by atoms with Gasteiger partial charge in [-0.1, -0.05) is 48.9 Å². The summed E-state index contributed by atoms with van der Waals surface area (Å²) in [6.07, 6.45) is 3.67. The van der Waals surface area contributed by atoms with Gasteiger partial charge in [-0.05, 0) is 55.9 Å². The molecule has 0 aliphatic heterocycles. The minimum atomic E-state index is -1.03. The minimum Gasteiger partial charge on any atom is -0.462 e. The van der Waals surface area contributed by atoms with Crippen molar-refractivity contribution in [1.29, 1.82) is 0 Å². The normalized spacial score (nSPS) is 14.4. The molecule has 0 spiro atoms. The number of anilines is 1. The summed E-state index contributed by atoms with van der Waals surface area (Å²) in [6, 6.07) is 14.0. The van der Waals surface area contributed by atoms with Crippen LogP contribution in [0.2, 0.25) is 5.02 Å². The van der Waals surface area contributed by atoms with E-state index in [-0.39, 0.29) is 22.2 Å². The lowest BCUT2D eigenvalue weighted by atomic mass is 9.88. The molecule has 5 rings (SSSR count). The van der Waals surface area contributed by atoms with Crippen LogP contribution in [0.4, 0.5) is 5.00 Å². The Morgan fingerprint density at radius 3 is 2.60 bits per heavy atom. The van der Waals surface area contributed by atoms with Crippen LogP contribution in [0.25, 0.3) is 10.1 Å². The molecule has 2 amide bonds. The highest BCUT2D eigenvalue weighted by Crippen LogP contribution is 2.40. The number of hydrogen-bond donors (Lipinski definition) is 2. The second-order valence-corrected chi connectivity index (χ2v) is 12.1. The number of rotatable bonds is 7. The third kappa shape index (κ3) is 6.23. The maximum atomic E-state index is 12.9. The van der Waals surface area contributed by atoms with Crippen molar-refractivity contribution < 1.29 is 28.7 Å². The summed E-state index contributed by atoms with van der Waals surface area (Å²) in [7, 11) is 0. The van der Waals surface area contributed by atoms with Crippen LogP contribution in [-0.4, -0.2) is 36.6 Å². The molecule has 12 heteroatoms. The van der Waals surface area contributed by atoms with E-state index >= 15 is 0 Å². The zero-order chi connectivity index (χ0) is 29.8. The van der Waals surface area contributed by atoms with Crippen molar-refractivity contribution in [2.24, 2.45) is 11.0 Å². The number of benzene rings is 2. The van der Waals surface area contributed by atoms with E-state index in [4.69, 9.17) is 21.1 Å². The van der Waals surface area contributed by atoms with Crippen molar-refractivity contribution in [2.75, 3.05) is 11.9 Å². The molecule has 42 heavy (non-hydrogen) atoms. The maximum absolute atomic E-state index is 12.9. The monoisotopic (exact) mass is 623 g/mol. The zero-order valence-electron chi connectivity index (χ0n) is 22.7. The van der Waals surface area contributed by atoms with Crippen LogP contribution in [0.1, 0.15) is 56.3 Å². The topological polar surface area (TPSA) is 123 Å².